The van der Waals surface area contributed by atoms with Crippen LogP contribution in [0.1, 0.15) is 24.5 Å². The predicted molar refractivity (Wildman–Crippen MR) is 115 cm³/mol. The Bertz CT molecular complexity index is 717. The number of hydrogen-bond donors (Lipinski definition) is 3. The Labute approximate surface area is 180 Å². The highest BCUT2D eigenvalue weighted by molar-refractivity contribution is 5.84. The molecule has 0 radical (unpaired) electrons. The number of likely N-dealkylation sites (N-methyl/N-ethyl adjacent to an activating group) is 1. The van der Waals surface area contributed by atoms with Gasteiger partial charge in [0.25, 0.3) is 5.91 Å². The number of benzene rings is 1. The second-order valence-corrected chi connectivity index (χ2v) is 8.09. The van der Waals surface area contributed by atoms with E-state index in [0.717, 1.165) is 50.6 Å². The highest BCUT2D eigenvalue weighted by Crippen LogP contribution is 2.29. The Morgan fingerprint density at radius 3 is 2.27 bits per heavy atom. The van der Waals surface area contributed by atoms with Crippen molar-refractivity contribution in [1.29, 1.82) is 0 Å². The number of amides is 2. The van der Waals surface area contributed by atoms with Crippen LogP contribution in [0, 0.1) is 6.92 Å². The number of quaternary nitrogens is 2. The molecule has 1 aliphatic heterocycles. The van der Waals surface area contributed by atoms with Gasteiger partial charge in [-0.25, -0.2) is 0 Å². The molecule has 0 saturated carbocycles. The molecule has 1 aromatic rings. The molecule has 0 unspecified atom stereocenters. The van der Waals surface area contributed by atoms with Crippen LogP contribution < -0.4 is 24.6 Å². The van der Waals surface area contributed by atoms with Crippen LogP contribution in [-0.4, -0.2) is 83.8 Å². The van der Waals surface area contributed by atoms with Gasteiger partial charge in [0.1, 0.15) is 32.7 Å². The third kappa shape index (κ3) is 6.88. The van der Waals surface area contributed by atoms with E-state index >= 15 is 0 Å². The fraction of sp³-hybridized carbons (Fsp3) is 0.636. The molecule has 8 heteroatoms. The zero-order valence-electron chi connectivity index (χ0n) is 19.1. The lowest BCUT2D eigenvalue weighted by Gasteiger charge is -2.30. The molecule has 0 bridgehead atoms. The summed E-state index contributed by atoms with van der Waals surface area (Å²) in [6.07, 6.45) is 0.892. The van der Waals surface area contributed by atoms with E-state index < -0.39 is 0 Å². The Morgan fingerprint density at radius 1 is 1.07 bits per heavy atom. The van der Waals surface area contributed by atoms with Gasteiger partial charge in [0.05, 0.1) is 20.8 Å². The summed E-state index contributed by atoms with van der Waals surface area (Å²) in [7, 11) is 5.02. The van der Waals surface area contributed by atoms with Gasteiger partial charge in [0.15, 0.2) is 18.0 Å². The molecule has 1 aliphatic rings. The molecule has 0 aromatic heterocycles. The van der Waals surface area contributed by atoms with Crippen LogP contribution in [0.25, 0.3) is 0 Å². The first-order valence-corrected chi connectivity index (χ1v) is 10.8. The van der Waals surface area contributed by atoms with E-state index in [9.17, 15) is 9.59 Å². The van der Waals surface area contributed by atoms with Gasteiger partial charge in [-0.1, -0.05) is 6.92 Å². The van der Waals surface area contributed by atoms with Crippen LogP contribution in [0.3, 0.4) is 0 Å². The molecule has 0 atom stereocenters. The smallest absolute Gasteiger partial charge is 0.277 e. The second kappa shape index (κ2) is 11.8. The quantitative estimate of drug-likeness (QED) is 0.419. The fourth-order valence-electron chi connectivity index (χ4n) is 3.77. The predicted octanol–water partition coefficient (Wildman–Crippen LogP) is -1.72. The summed E-state index contributed by atoms with van der Waals surface area (Å²) in [6, 6.07) is 4.10. The van der Waals surface area contributed by atoms with Gasteiger partial charge in [-0.15, -0.1) is 0 Å². The first-order chi connectivity index (χ1) is 14.4. The number of piperazine rings is 1. The molecule has 0 spiro atoms. The van der Waals surface area contributed by atoms with Crippen LogP contribution in [0.15, 0.2) is 12.1 Å². The average molecular weight is 423 g/mol. The number of methoxy groups -OCH3 is 2. The van der Waals surface area contributed by atoms with Crippen molar-refractivity contribution in [1.82, 2.24) is 10.2 Å². The molecule has 168 valence electrons. The number of aryl methyl sites for hydroxylation is 1. The fourth-order valence-corrected chi connectivity index (χ4v) is 3.77. The van der Waals surface area contributed by atoms with Gasteiger partial charge >= 0.3 is 0 Å². The van der Waals surface area contributed by atoms with Gasteiger partial charge in [-0.05, 0) is 31.0 Å². The number of carbonyl (C=O) groups is 2. The van der Waals surface area contributed by atoms with Gasteiger partial charge in [0.2, 0.25) is 5.91 Å². The first-order valence-electron chi connectivity index (χ1n) is 10.8. The molecule has 30 heavy (non-hydrogen) atoms. The van der Waals surface area contributed by atoms with Gasteiger partial charge in [0, 0.05) is 19.2 Å². The maximum Gasteiger partial charge on any atom is 0.277 e. The molecule has 2 rings (SSSR count). The van der Waals surface area contributed by atoms with Crippen molar-refractivity contribution < 1.29 is 28.9 Å². The number of hydrogen-bond acceptors (Lipinski definition) is 4. The minimum atomic E-state index is -0.0951. The van der Waals surface area contributed by atoms with E-state index in [1.807, 2.05) is 13.0 Å². The Balaban J connectivity index is 1.81. The number of carbonyl (C=O) groups excluding carboxylic acids is 2. The molecule has 8 nitrogen and oxygen atoms in total. The summed E-state index contributed by atoms with van der Waals surface area (Å²) in [5.74, 6) is 1.45. The third-order valence-corrected chi connectivity index (χ3v) is 5.73. The Kier molecular flexibility index (Phi) is 9.39. The number of nitrogens with zero attached hydrogens (tertiary/aromatic N) is 1. The Morgan fingerprint density at radius 2 is 1.67 bits per heavy atom. The van der Waals surface area contributed by atoms with Crippen molar-refractivity contribution in [2.45, 2.75) is 26.8 Å². The standard InChI is InChI=1S/C22H36N4O4/c1-6-7-23-21(27)15-24(3)22(28)16-26-10-8-25(9-11-26)14-18-13-20(30-5)19(29-4)12-17(18)2/h12-13H,6-11,14-16H2,1-5H3,(H,23,27)/p+2. The first kappa shape index (κ1) is 24.0. The minimum absolute atomic E-state index is 0.0239. The number of rotatable bonds is 10. The monoisotopic (exact) mass is 422 g/mol. The third-order valence-electron chi connectivity index (χ3n) is 5.73. The van der Waals surface area contributed by atoms with Crippen LogP contribution in [0.4, 0.5) is 0 Å². The van der Waals surface area contributed by atoms with E-state index in [1.165, 1.54) is 25.8 Å². The summed E-state index contributed by atoms with van der Waals surface area (Å²) in [6.45, 7) is 10.2. The minimum Gasteiger partial charge on any atom is -0.493 e. The highest BCUT2D eigenvalue weighted by atomic mass is 16.5. The van der Waals surface area contributed by atoms with E-state index in [-0.39, 0.29) is 18.4 Å². The molecule has 1 heterocycles. The molecule has 2 amide bonds. The molecular formula is C22H38N4O4+2. The van der Waals surface area contributed by atoms with E-state index in [1.54, 1.807) is 21.3 Å². The normalized spacial score (nSPS) is 18.6. The zero-order valence-corrected chi connectivity index (χ0v) is 19.1. The van der Waals surface area contributed by atoms with Gasteiger partial charge in [-0.2, -0.15) is 0 Å². The summed E-state index contributed by atoms with van der Waals surface area (Å²) in [5, 5.41) is 2.81. The van der Waals surface area contributed by atoms with Crippen molar-refractivity contribution in [3.8, 4) is 11.5 Å². The molecule has 1 fully saturated rings. The molecule has 3 N–H and O–H groups in total. The summed E-state index contributed by atoms with van der Waals surface area (Å²) in [4.78, 5) is 28.6. The SMILES string of the molecule is CCCNC(=O)CN(C)C(=O)C[NH+]1CC[NH+](Cc2cc(OC)c(OC)cc2C)CC1. The van der Waals surface area contributed by atoms with Crippen LogP contribution in [0.2, 0.25) is 0 Å². The molecular weight excluding hydrogens is 384 g/mol. The summed E-state index contributed by atoms with van der Waals surface area (Å²) >= 11 is 0. The van der Waals surface area contributed by atoms with Gasteiger partial charge < -0.3 is 29.5 Å². The lowest BCUT2D eigenvalue weighted by atomic mass is 10.1. The van der Waals surface area contributed by atoms with E-state index in [2.05, 4.69) is 18.3 Å². The van der Waals surface area contributed by atoms with Crippen molar-refractivity contribution in [2.75, 3.05) is 67.1 Å². The highest BCUT2D eigenvalue weighted by Gasteiger charge is 2.27. The summed E-state index contributed by atoms with van der Waals surface area (Å²) < 4.78 is 10.8. The van der Waals surface area contributed by atoms with E-state index in [0.29, 0.717) is 13.1 Å². The maximum atomic E-state index is 12.5. The zero-order chi connectivity index (χ0) is 22.1. The summed E-state index contributed by atoms with van der Waals surface area (Å²) in [5.41, 5.74) is 2.47. The average Bonchev–Trinajstić information content (AvgIpc) is 2.74. The molecule has 1 aromatic carbocycles. The van der Waals surface area contributed by atoms with Gasteiger partial charge in [-0.3, -0.25) is 9.59 Å². The van der Waals surface area contributed by atoms with Crippen molar-refractivity contribution in [2.24, 2.45) is 0 Å². The van der Waals surface area contributed by atoms with Crippen LogP contribution in [-0.2, 0) is 16.1 Å². The largest absolute Gasteiger partial charge is 0.493 e. The molecule has 1 saturated heterocycles. The van der Waals surface area contributed by atoms with E-state index in [4.69, 9.17) is 9.47 Å². The van der Waals surface area contributed by atoms with Crippen molar-refractivity contribution >= 4 is 11.8 Å². The molecule has 0 aliphatic carbocycles. The number of ether oxygens (including phenoxy) is 2. The Hall–Kier alpha value is -2.32. The topological polar surface area (TPSA) is 76.8 Å². The van der Waals surface area contributed by atoms with Crippen LogP contribution in [0.5, 0.6) is 11.5 Å². The van der Waals surface area contributed by atoms with Crippen LogP contribution >= 0.6 is 0 Å². The lowest BCUT2D eigenvalue weighted by molar-refractivity contribution is -1.02. The lowest BCUT2D eigenvalue weighted by Crippen LogP contribution is -3.28. The number of nitrogens with one attached hydrogen (secondary N) is 3. The second-order valence-electron chi connectivity index (χ2n) is 8.09. The maximum absolute atomic E-state index is 12.5. The van der Waals surface area contributed by atoms with Crippen molar-refractivity contribution in [3.63, 3.8) is 0 Å². The van der Waals surface area contributed by atoms with Crippen molar-refractivity contribution in [3.05, 3.63) is 23.3 Å².